The van der Waals surface area contributed by atoms with Crippen LogP contribution in [-0.2, 0) is 4.79 Å². The molecule has 0 unspecified atom stereocenters. The van der Waals surface area contributed by atoms with E-state index in [0.29, 0.717) is 5.76 Å². The summed E-state index contributed by atoms with van der Waals surface area (Å²) in [6.45, 7) is 0. The molecular weight excluding hydrogens is 311 g/mol. The van der Waals surface area contributed by atoms with E-state index in [1.165, 1.54) is 24.3 Å². The van der Waals surface area contributed by atoms with Crippen molar-refractivity contribution in [1.29, 1.82) is 0 Å². The Hall–Kier alpha value is -3.41. The molecular formula is C18H13FN2O3. The summed E-state index contributed by atoms with van der Waals surface area (Å²) < 4.78 is 18.3. The number of para-hydroxylation sites is 1. The van der Waals surface area contributed by atoms with Gasteiger partial charge in [0.05, 0.1) is 0 Å². The van der Waals surface area contributed by atoms with Crippen LogP contribution in [0, 0.1) is 5.82 Å². The molecule has 2 amide bonds. The van der Waals surface area contributed by atoms with E-state index in [0.717, 1.165) is 23.1 Å². The highest BCUT2D eigenvalue weighted by Crippen LogP contribution is 2.19. The van der Waals surface area contributed by atoms with E-state index in [4.69, 9.17) is 4.42 Å². The number of carbonyl (C=O) groups excluding carboxylic acids is 2. The number of halogens is 1. The monoisotopic (exact) mass is 324 g/mol. The van der Waals surface area contributed by atoms with Crippen molar-refractivity contribution in [2.45, 2.75) is 0 Å². The second-order valence-electron chi connectivity index (χ2n) is 4.97. The molecule has 2 aromatic carbocycles. The van der Waals surface area contributed by atoms with E-state index in [1.807, 2.05) is 24.3 Å². The molecule has 0 saturated heterocycles. The third-order valence-corrected chi connectivity index (χ3v) is 3.25. The molecule has 0 aliphatic heterocycles. The lowest BCUT2D eigenvalue weighted by Gasteiger charge is -2.04. The number of furan rings is 1. The van der Waals surface area contributed by atoms with Crippen LogP contribution in [0.15, 0.2) is 65.1 Å². The highest BCUT2D eigenvalue weighted by Gasteiger charge is 2.06. The van der Waals surface area contributed by atoms with E-state index < -0.39 is 17.6 Å². The number of hydrogen-bond acceptors (Lipinski definition) is 3. The molecule has 0 aliphatic rings. The average Bonchev–Trinajstić information content (AvgIpc) is 3.01. The van der Waals surface area contributed by atoms with Crippen molar-refractivity contribution < 1.29 is 18.4 Å². The molecule has 0 spiro atoms. The Bertz CT molecular complexity index is 880. The summed E-state index contributed by atoms with van der Waals surface area (Å²) >= 11 is 0. The van der Waals surface area contributed by atoms with Crippen molar-refractivity contribution in [3.8, 4) is 0 Å². The van der Waals surface area contributed by atoms with Gasteiger partial charge in [-0.2, -0.15) is 0 Å². The van der Waals surface area contributed by atoms with Gasteiger partial charge >= 0.3 is 0 Å². The van der Waals surface area contributed by atoms with Crippen LogP contribution >= 0.6 is 0 Å². The van der Waals surface area contributed by atoms with Gasteiger partial charge in [-0.15, -0.1) is 0 Å². The molecule has 0 fully saturated rings. The summed E-state index contributed by atoms with van der Waals surface area (Å²) in [5.41, 5.74) is 5.44. The average molecular weight is 324 g/mol. The molecule has 0 atom stereocenters. The third-order valence-electron chi connectivity index (χ3n) is 3.25. The number of fused-ring (bicyclic) bond motifs is 1. The van der Waals surface area contributed by atoms with Crippen LogP contribution in [0.1, 0.15) is 16.1 Å². The molecule has 24 heavy (non-hydrogen) atoms. The number of carbonyl (C=O) groups is 2. The van der Waals surface area contributed by atoms with Gasteiger partial charge in [0.25, 0.3) is 11.8 Å². The highest BCUT2D eigenvalue weighted by molar-refractivity contribution is 5.98. The lowest BCUT2D eigenvalue weighted by atomic mass is 10.2. The number of hydrazine groups is 1. The van der Waals surface area contributed by atoms with Gasteiger partial charge in [0.1, 0.15) is 17.2 Å². The van der Waals surface area contributed by atoms with Crippen molar-refractivity contribution >= 4 is 28.9 Å². The summed E-state index contributed by atoms with van der Waals surface area (Å²) in [5, 5.41) is 0.933. The Morgan fingerprint density at radius 2 is 1.75 bits per heavy atom. The fraction of sp³-hybridized carbons (Fsp3) is 0. The first-order chi connectivity index (χ1) is 11.6. The quantitative estimate of drug-likeness (QED) is 0.574. The molecule has 1 aromatic heterocycles. The largest absolute Gasteiger partial charge is 0.457 e. The molecule has 120 valence electrons. The summed E-state index contributed by atoms with van der Waals surface area (Å²) in [5.74, 6) is -0.980. The van der Waals surface area contributed by atoms with E-state index in [1.54, 1.807) is 6.07 Å². The zero-order valence-electron chi connectivity index (χ0n) is 12.5. The number of nitrogens with one attached hydrogen (secondary N) is 2. The predicted molar refractivity (Wildman–Crippen MR) is 87.3 cm³/mol. The maximum absolute atomic E-state index is 12.8. The molecule has 5 nitrogen and oxygen atoms in total. The van der Waals surface area contributed by atoms with Crippen molar-refractivity contribution in [2.75, 3.05) is 0 Å². The molecule has 0 radical (unpaired) electrons. The molecule has 3 aromatic rings. The normalized spacial score (nSPS) is 10.9. The molecule has 6 heteroatoms. The SMILES string of the molecule is O=C(/C=C/c1cc2ccccc2o1)NNC(=O)c1ccc(F)cc1. The van der Waals surface area contributed by atoms with Crippen LogP contribution in [0.4, 0.5) is 4.39 Å². The number of hydrogen-bond donors (Lipinski definition) is 2. The van der Waals surface area contributed by atoms with E-state index in [-0.39, 0.29) is 5.56 Å². The van der Waals surface area contributed by atoms with Crippen LogP contribution in [0.5, 0.6) is 0 Å². The van der Waals surface area contributed by atoms with Crippen LogP contribution in [0.2, 0.25) is 0 Å². The van der Waals surface area contributed by atoms with Crippen LogP contribution in [0.25, 0.3) is 17.0 Å². The fourth-order valence-corrected chi connectivity index (χ4v) is 2.08. The predicted octanol–water partition coefficient (Wildman–Crippen LogP) is 3.05. The Kier molecular flexibility index (Phi) is 4.38. The first-order valence-electron chi connectivity index (χ1n) is 7.14. The second-order valence-corrected chi connectivity index (χ2v) is 4.97. The van der Waals surface area contributed by atoms with Gasteiger partial charge in [0.2, 0.25) is 0 Å². The summed E-state index contributed by atoms with van der Waals surface area (Å²) in [6.07, 6.45) is 2.74. The minimum absolute atomic E-state index is 0.234. The fourth-order valence-electron chi connectivity index (χ4n) is 2.08. The minimum atomic E-state index is -0.541. The van der Waals surface area contributed by atoms with Crippen LogP contribution in [-0.4, -0.2) is 11.8 Å². The molecule has 0 bridgehead atoms. The Labute approximate surface area is 136 Å². The highest BCUT2D eigenvalue weighted by atomic mass is 19.1. The zero-order chi connectivity index (χ0) is 16.9. The Balaban J connectivity index is 1.57. The first-order valence-corrected chi connectivity index (χ1v) is 7.14. The van der Waals surface area contributed by atoms with E-state index >= 15 is 0 Å². The van der Waals surface area contributed by atoms with Crippen molar-refractivity contribution in [3.63, 3.8) is 0 Å². The molecule has 0 saturated carbocycles. The van der Waals surface area contributed by atoms with Gasteiger partial charge in [-0.25, -0.2) is 4.39 Å². The number of rotatable bonds is 3. The zero-order valence-corrected chi connectivity index (χ0v) is 12.5. The van der Waals surface area contributed by atoms with E-state index in [9.17, 15) is 14.0 Å². The minimum Gasteiger partial charge on any atom is -0.457 e. The number of amides is 2. The molecule has 3 rings (SSSR count). The number of benzene rings is 2. The standard InChI is InChI=1S/C18H13FN2O3/c19-14-7-5-12(6-8-14)18(23)21-20-17(22)10-9-15-11-13-3-1-2-4-16(13)24-15/h1-11H,(H,20,22)(H,21,23)/b10-9+. The lowest BCUT2D eigenvalue weighted by Crippen LogP contribution is -2.40. The third kappa shape index (κ3) is 3.67. The van der Waals surface area contributed by atoms with Gasteiger partial charge in [0, 0.05) is 17.0 Å². The van der Waals surface area contributed by atoms with Gasteiger partial charge in [-0.05, 0) is 42.5 Å². The smallest absolute Gasteiger partial charge is 0.269 e. The van der Waals surface area contributed by atoms with Crippen molar-refractivity contribution in [2.24, 2.45) is 0 Å². The topological polar surface area (TPSA) is 71.3 Å². The van der Waals surface area contributed by atoms with Crippen LogP contribution < -0.4 is 10.9 Å². The molecule has 0 aliphatic carbocycles. The van der Waals surface area contributed by atoms with Crippen molar-refractivity contribution in [3.05, 3.63) is 77.8 Å². The van der Waals surface area contributed by atoms with E-state index in [2.05, 4.69) is 10.9 Å². The maximum atomic E-state index is 12.8. The van der Waals surface area contributed by atoms with Gasteiger partial charge < -0.3 is 4.42 Å². The summed E-state index contributed by atoms with van der Waals surface area (Å²) in [6, 6.07) is 14.3. The van der Waals surface area contributed by atoms with Gasteiger partial charge in [-0.1, -0.05) is 18.2 Å². The van der Waals surface area contributed by atoms with Crippen molar-refractivity contribution in [1.82, 2.24) is 10.9 Å². The van der Waals surface area contributed by atoms with Crippen LogP contribution in [0.3, 0.4) is 0 Å². The molecule has 2 N–H and O–H groups in total. The lowest BCUT2D eigenvalue weighted by molar-refractivity contribution is -0.117. The second kappa shape index (κ2) is 6.78. The first kappa shape index (κ1) is 15.5. The Morgan fingerprint density at radius 1 is 1.00 bits per heavy atom. The molecule has 1 heterocycles. The summed E-state index contributed by atoms with van der Waals surface area (Å²) in [4.78, 5) is 23.5. The maximum Gasteiger partial charge on any atom is 0.269 e. The summed E-state index contributed by atoms with van der Waals surface area (Å²) in [7, 11) is 0. The Morgan fingerprint density at radius 3 is 2.50 bits per heavy atom. The van der Waals surface area contributed by atoms with Gasteiger partial charge in [0.15, 0.2) is 0 Å². The van der Waals surface area contributed by atoms with Gasteiger partial charge in [-0.3, -0.25) is 20.4 Å².